The normalized spacial score (nSPS) is 22.8. The first-order valence-corrected chi connectivity index (χ1v) is 7.29. The molecule has 7 heteroatoms. The average Bonchev–Trinajstić information content (AvgIpc) is 3.02. The van der Waals surface area contributed by atoms with E-state index in [0.29, 0.717) is 17.1 Å². The lowest BCUT2D eigenvalue weighted by Crippen LogP contribution is -2.24. The summed E-state index contributed by atoms with van der Waals surface area (Å²) in [5.41, 5.74) is 7.00. The predicted octanol–water partition coefficient (Wildman–Crippen LogP) is 1.47. The summed E-state index contributed by atoms with van der Waals surface area (Å²) in [7, 11) is 0. The van der Waals surface area contributed by atoms with E-state index in [9.17, 15) is 4.39 Å². The Bertz CT molecular complexity index is 665. The topological polar surface area (TPSA) is 72.9 Å². The standard InChI is InChI=1S/C14H17FN6/c15-9-1-4-13(16)12(7-9)14-17-18-19-21(14)11-5-6-20(8-11)10-2-3-10/h1,4,7,10-11H,2-3,5-6,8,16H2. The molecule has 2 heterocycles. The number of anilines is 1. The molecule has 21 heavy (non-hydrogen) atoms. The van der Waals surface area contributed by atoms with Crippen LogP contribution in [0.25, 0.3) is 11.4 Å². The number of benzene rings is 1. The fourth-order valence-electron chi connectivity index (χ4n) is 3.08. The Balaban J connectivity index is 1.66. The number of halogens is 1. The van der Waals surface area contributed by atoms with Gasteiger partial charge in [0.2, 0.25) is 0 Å². The Morgan fingerprint density at radius 3 is 2.86 bits per heavy atom. The molecule has 0 bridgehead atoms. The minimum absolute atomic E-state index is 0.235. The van der Waals surface area contributed by atoms with Crippen LogP contribution in [0.15, 0.2) is 18.2 Å². The second kappa shape index (κ2) is 4.77. The largest absolute Gasteiger partial charge is 0.398 e. The van der Waals surface area contributed by atoms with Gasteiger partial charge in [-0.25, -0.2) is 9.07 Å². The molecule has 1 unspecified atom stereocenters. The summed E-state index contributed by atoms with van der Waals surface area (Å²) in [4.78, 5) is 2.49. The second-order valence-corrected chi connectivity index (χ2v) is 5.85. The molecule has 110 valence electrons. The maximum atomic E-state index is 13.5. The summed E-state index contributed by atoms with van der Waals surface area (Å²) in [5, 5.41) is 11.9. The second-order valence-electron chi connectivity index (χ2n) is 5.85. The number of tetrazole rings is 1. The molecule has 1 aliphatic heterocycles. The summed E-state index contributed by atoms with van der Waals surface area (Å²) in [6.07, 6.45) is 3.61. The van der Waals surface area contributed by atoms with Gasteiger partial charge < -0.3 is 5.73 Å². The third-order valence-electron chi connectivity index (χ3n) is 4.35. The van der Waals surface area contributed by atoms with Gasteiger partial charge in [-0.3, -0.25) is 4.90 Å². The van der Waals surface area contributed by atoms with Crippen LogP contribution in [0.3, 0.4) is 0 Å². The average molecular weight is 288 g/mol. The Kier molecular flexibility index (Phi) is 2.88. The van der Waals surface area contributed by atoms with Gasteiger partial charge in [0.25, 0.3) is 0 Å². The van der Waals surface area contributed by atoms with Crippen molar-refractivity contribution in [2.24, 2.45) is 0 Å². The lowest BCUT2D eigenvalue weighted by atomic mass is 10.1. The molecule has 1 aromatic carbocycles. The number of hydrogen-bond acceptors (Lipinski definition) is 5. The number of nitrogens with two attached hydrogens (primary N) is 1. The van der Waals surface area contributed by atoms with E-state index in [1.165, 1.54) is 25.0 Å². The molecule has 0 radical (unpaired) electrons. The van der Waals surface area contributed by atoms with Crippen LogP contribution in [0.4, 0.5) is 10.1 Å². The van der Waals surface area contributed by atoms with Gasteiger partial charge in [-0.15, -0.1) is 5.10 Å². The van der Waals surface area contributed by atoms with Gasteiger partial charge in [-0.2, -0.15) is 0 Å². The van der Waals surface area contributed by atoms with Crippen LogP contribution in [0.2, 0.25) is 0 Å². The van der Waals surface area contributed by atoms with E-state index in [0.717, 1.165) is 25.6 Å². The molecule has 6 nitrogen and oxygen atoms in total. The Hall–Kier alpha value is -2.02. The first-order chi connectivity index (χ1) is 10.2. The molecule has 4 rings (SSSR count). The van der Waals surface area contributed by atoms with E-state index in [2.05, 4.69) is 20.4 Å². The van der Waals surface area contributed by atoms with E-state index in [4.69, 9.17) is 5.73 Å². The number of nitrogen functional groups attached to an aromatic ring is 1. The van der Waals surface area contributed by atoms with Crippen molar-refractivity contribution in [2.75, 3.05) is 18.8 Å². The van der Waals surface area contributed by atoms with Gasteiger partial charge in [-0.05, 0) is 47.9 Å². The van der Waals surface area contributed by atoms with E-state index < -0.39 is 0 Å². The van der Waals surface area contributed by atoms with Crippen molar-refractivity contribution in [1.29, 1.82) is 0 Å². The summed E-state index contributed by atoms with van der Waals surface area (Å²) >= 11 is 0. The van der Waals surface area contributed by atoms with Gasteiger partial charge >= 0.3 is 0 Å². The minimum Gasteiger partial charge on any atom is -0.398 e. The number of likely N-dealkylation sites (tertiary alicyclic amines) is 1. The molecular weight excluding hydrogens is 271 g/mol. The molecule has 1 saturated heterocycles. The number of rotatable bonds is 3. The van der Waals surface area contributed by atoms with Crippen molar-refractivity contribution in [3.8, 4) is 11.4 Å². The molecule has 1 atom stereocenters. The number of hydrogen-bond donors (Lipinski definition) is 1. The molecule has 1 saturated carbocycles. The lowest BCUT2D eigenvalue weighted by Gasteiger charge is -2.15. The molecule has 0 spiro atoms. The summed E-state index contributed by atoms with van der Waals surface area (Å²) < 4.78 is 15.3. The zero-order valence-corrected chi connectivity index (χ0v) is 11.6. The van der Waals surface area contributed by atoms with E-state index >= 15 is 0 Å². The first kappa shape index (κ1) is 12.7. The molecule has 0 amide bonds. The third kappa shape index (κ3) is 2.27. The van der Waals surface area contributed by atoms with Crippen molar-refractivity contribution in [1.82, 2.24) is 25.1 Å². The maximum Gasteiger partial charge on any atom is 0.184 e. The monoisotopic (exact) mass is 288 g/mol. The summed E-state index contributed by atoms with van der Waals surface area (Å²) in [6.45, 7) is 2.03. The highest BCUT2D eigenvalue weighted by atomic mass is 19.1. The summed E-state index contributed by atoms with van der Waals surface area (Å²) in [6, 6.07) is 5.27. The van der Waals surface area contributed by atoms with Crippen LogP contribution >= 0.6 is 0 Å². The van der Waals surface area contributed by atoms with Crippen molar-refractivity contribution >= 4 is 5.69 Å². The molecule has 1 aromatic heterocycles. The van der Waals surface area contributed by atoms with Gasteiger partial charge in [0.1, 0.15) is 5.82 Å². The SMILES string of the molecule is Nc1ccc(F)cc1-c1nnnn1C1CCN(C2CC2)C1. The van der Waals surface area contributed by atoms with Crippen LogP contribution < -0.4 is 5.73 Å². The smallest absolute Gasteiger partial charge is 0.184 e. The Morgan fingerprint density at radius 1 is 1.19 bits per heavy atom. The highest BCUT2D eigenvalue weighted by Gasteiger charge is 2.36. The Morgan fingerprint density at radius 2 is 2.05 bits per heavy atom. The molecule has 2 N–H and O–H groups in total. The van der Waals surface area contributed by atoms with Gasteiger partial charge in [0, 0.05) is 30.4 Å². The fraction of sp³-hybridized carbons (Fsp3) is 0.500. The number of aromatic nitrogens is 4. The van der Waals surface area contributed by atoms with Gasteiger partial charge in [0.05, 0.1) is 6.04 Å². The van der Waals surface area contributed by atoms with Crippen LogP contribution in [0, 0.1) is 5.82 Å². The number of nitrogens with zero attached hydrogens (tertiary/aromatic N) is 5. The quantitative estimate of drug-likeness (QED) is 0.866. The van der Waals surface area contributed by atoms with E-state index in [-0.39, 0.29) is 11.9 Å². The third-order valence-corrected chi connectivity index (χ3v) is 4.35. The van der Waals surface area contributed by atoms with E-state index in [1.54, 1.807) is 10.7 Å². The zero-order chi connectivity index (χ0) is 14.4. The first-order valence-electron chi connectivity index (χ1n) is 7.29. The fourth-order valence-corrected chi connectivity index (χ4v) is 3.08. The van der Waals surface area contributed by atoms with Crippen LogP contribution in [0.1, 0.15) is 25.3 Å². The van der Waals surface area contributed by atoms with Gasteiger partial charge in [-0.1, -0.05) is 0 Å². The zero-order valence-electron chi connectivity index (χ0n) is 11.6. The molecule has 2 aliphatic rings. The highest BCUT2D eigenvalue weighted by molar-refractivity contribution is 5.71. The van der Waals surface area contributed by atoms with Crippen molar-refractivity contribution in [2.45, 2.75) is 31.3 Å². The predicted molar refractivity (Wildman–Crippen MR) is 75.9 cm³/mol. The van der Waals surface area contributed by atoms with Crippen molar-refractivity contribution in [3.63, 3.8) is 0 Å². The van der Waals surface area contributed by atoms with Gasteiger partial charge in [0.15, 0.2) is 5.82 Å². The lowest BCUT2D eigenvalue weighted by molar-refractivity contribution is 0.309. The van der Waals surface area contributed by atoms with E-state index in [1.807, 2.05) is 0 Å². The maximum absolute atomic E-state index is 13.5. The van der Waals surface area contributed by atoms with Crippen LogP contribution in [0.5, 0.6) is 0 Å². The Labute approximate surface area is 121 Å². The van der Waals surface area contributed by atoms with Crippen molar-refractivity contribution < 1.29 is 4.39 Å². The molecular formula is C14H17FN6. The molecule has 2 fully saturated rings. The summed E-state index contributed by atoms with van der Waals surface area (Å²) in [5.74, 6) is 0.217. The van der Waals surface area contributed by atoms with Crippen molar-refractivity contribution in [3.05, 3.63) is 24.0 Å². The minimum atomic E-state index is -0.334. The van der Waals surface area contributed by atoms with Crippen LogP contribution in [-0.2, 0) is 0 Å². The van der Waals surface area contributed by atoms with Crippen LogP contribution in [-0.4, -0.2) is 44.2 Å². The molecule has 1 aliphatic carbocycles. The molecule has 2 aromatic rings. The highest BCUT2D eigenvalue weighted by Crippen LogP contribution is 2.35.